The van der Waals surface area contributed by atoms with E-state index in [1.807, 2.05) is 31.2 Å². The zero-order valence-electron chi connectivity index (χ0n) is 15.8. The van der Waals surface area contributed by atoms with Gasteiger partial charge in [0, 0.05) is 25.6 Å². The van der Waals surface area contributed by atoms with Gasteiger partial charge < -0.3 is 19.4 Å². The molecule has 0 bridgehead atoms. The van der Waals surface area contributed by atoms with Gasteiger partial charge >= 0.3 is 0 Å². The average molecular weight is 379 g/mol. The molecule has 1 saturated heterocycles. The first kappa shape index (κ1) is 18.0. The lowest BCUT2D eigenvalue weighted by Gasteiger charge is -2.17. The molecule has 2 amide bonds. The molecule has 7 nitrogen and oxygen atoms in total. The van der Waals surface area contributed by atoms with Crippen LogP contribution in [0.5, 0.6) is 5.75 Å². The van der Waals surface area contributed by atoms with Gasteiger partial charge in [0.05, 0.1) is 18.2 Å². The molecule has 1 atom stereocenters. The zero-order valence-corrected chi connectivity index (χ0v) is 15.8. The monoisotopic (exact) mass is 379 g/mol. The van der Waals surface area contributed by atoms with Crippen LogP contribution >= 0.6 is 0 Å². The predicted octanol–water partition coefficient (Wildman–Crippen LogP) is 3.53. The Morgan fingerprint density at radius 3 is 2.96 bits per heavy atom. The molecule has 1 fully saturated rings. The lowest BCUT2D eigenvalue weighted by molar-refractivity contribution is -0.122. The van der Waals surface area contributed by atoms with Crippen LogP contribution in [0.1, 0.15) is 19.2 Å². The lowest BCUT2D eigenvalue weighted by atomic mass is 10.1. The Morgan fingerprint density at radius 1 is 1.32 bits per heavy atom. The van der Waals surface area contributed by atoms with Gasteiger partial charge in [-0.05, 0) is 37.3 Å². The first-order chi connectivity index (χ1) is 13.5. The van der Waals surface area contributed by atoms with E-state index in [1.54, 1.807) is 30.0 Å². The van der Waals surface area contributed by atoms with E-state index in [1.165, 1.54) is 0 Å². The van der Waals surface area contributed by atoms with Gasteiger partial charge in [0.2, 0.25) is 11.8 Å². The van der Waals surface area contributed by atoms with Crippen molar-refractivity contribution in [3.63, 3.8) is 0 Å². The lowest BCUT2D eigenvalue weighted by Crippen LogP contribution is -2.28. The van der Waals surface area contributed by atoms with Gasteiger partial charge in [-0.3, -0.25) is 9.59 Å². The van der Waals surface area contributed by atoms with Crippen molar-refractivity contribution < 1.29 is 18.7 Å². The Balaban J connectivity index is 1.50. The number of fused-ring (bicyclic) bond motifs is 1. The minimum atomic E-state index is -0.433. The molecular formula is C21H21N3O4. The van der Waals surface area contributed by atoms with Crippen LogP contribution in [0, 0.1) is 12.8 Å². The highest BCUT2D eigenvalue weighted by molar-refractivity contribution is 6.04. The summed E-state index contributed by atoms with van der Waals surface area (Å²) in [6.45, 7) is 4.50. The number of oxazole rings is 1. The molecule has 0 spiro atoms. The smallest absolute Gasteiger partial charge is 0.229 e. The number of aryl methyl sites for hydroxylation is 1. The molecule has 2 heterocycles. The fourth-order valence-electron chi connectivity index (χ4n) is 3.42. The van der Waals surface area contributed by atoms with Crippen molar-refractivity contribution in [2.45, 2.75) is 20.3 Å². The Bertz CT molecular complexity index is 1040. The number of amides is 2. The molecule has 0 saturated carbocycles. The SMILES string of the molecule is CCOc1ccccc1NC(=O)C1CC(=O)N(c2ccc3oc(C)nc3c2)C1. The molecule has 28 heavy (non-hydrogen) atoms. The highest BCUT2D eigenvalue weighted by Gasteiger charge is 2.35. The summed E-state index contributed by atoms with van der Waals surface area (Å²) in [6.07, 6.45) is 0.165. The summed E-state index contributed by atoms with van der Waals surface area (Å²) in [4.78, 5) is 31.2. The highest BCUT2D eigenvalue weighted by atomic mass is 16.5. The topological polar surface area (TPSA) is 84.7 Å². The standard InChI is InChI=1S/C21H21N3O4/c1-3-27-18-7-5-4-6-16(18)23-21(26)14-10-20(25)24(12-14)15-8-9-19-17(11-15)22-13(2)28-19/h4-9,11,14H,3,10,12H2,1-2H3,(H,23,26). The van der Waals surface area contributed by atoms with E-state index in [-0.39, 0.29) is 18.2 Å². The average Bonchev–Trinajstić information content (AvgIpc) is 3.24. The van der Waals surface area contributed by atoms with Gasteiger partial charge in [0.1, 0.15) is 11.3 Å². The van der Waals surface area contributed by atoms with E-state index in [9.17, 15) is 9.59 Å². The maximum absolute atomic E-state index is 12.7. The summed E-state index contributed by atoms with van der Waals surface area (Å²) < 4.78 is 11.0. The Hall–Kier alpha value is -3.35. The Morgan fingerprint density at radius 2 is 2.14 bits per heavy atom. The fraction of sp³-hybridized carbons (Fsp3) is 0.286. The molecule has 1 aliphatic heterocycles. The molecule has 0 radical (unpaired) electrons. The van der Waals surface area contributed by atoms with Crippen LogP contribution in [0.25, 0.3) is 11.1 Å². The minimum absolute atomic E-state index is 0.0854. The number of anilines is 2. The van der Waals surface area contributed by atoms with Crippen LogP contribution < -0.4 is 15.0 Å². The van der Waals surface area contributed by atoms with E-state index >= 15 is 0 Å². The Kier molecular flexibility index (Phi) is 4.73. The number of nitrogens with zero attached hydrogens (tertiary/aromatic N) is 2. The van der Waals surface area contributed by atoms with Crippen LogP contribution in [0.3, 0.4) is 0 Å². The first-order valence-electron chi connectivity index (χ1n) is 9.25. The van der Waals surface area contributed by atoms with E-state index in [2.05, 4.69) is 10.3 Å². The quantitative estimate of drug-likeness (QED) is 0.733. The molecular weight excluding hydrogens is 358 g/mol. The molecule has 0 aliphatic carbocycles. The number of hydrogen-bond donors (Lipinski definition) is 1. The summed E-state index contributed by atoms with van der Waals surface area (Å²) in [7, 11) is 0. The summed E-state index contributed by atoms with van der Waals surface area (Å²) in [6, 6.07) is 12.7. The van der Waals surface area contributed by atoms with E-state index in [4.69, 9.17) is 9.15 Å². The van der Waals surface area contributed by atoms with Crippen LogP contribution in [0.15, 0.2) is 46.9 Å². The number of hydrogen-bond acceptors (Lipinski definition) is 5. The van der Waals surface area contributed by atoms with Crippen LogP contribution in [-0.4, -0.2) is 29.9 Å². The first-order valence-corrected chi connectivity index (χ1v) is 9.25. The number of ether oxygens (including phenoxy) is 1. The summed E-state index contributed by atoms with van der Waals surface area (Å²) >= 11 is 0. The third-order valence-corrected chi connectivity index (χ3v) is 4.73. The molecule has 144 valence electrons. The van der Waals surface area contributed by atoms with Gasteiger partial charge in [-0.2, -0.15) is 0 Å². The van der Waals surface area contributed by atoms with Gasteiger partial charge in [0.15, 0.2) is 11.5 Å². The van der Waals surface area contributed by atoms with Crippen LogP contribution in [0.4, 0.5) is 11.4 Å². The molecule has 1 aliphatic rings. The predicted molar refractivity (Wildman–Crippen MR) is 105 cm³/mol. The molecule has 4 rings (SSSR count). The summed E-state index contributed by atoms with van der Waals surface area (Å²) in [5, 5.41) is 2.89. The summed E-state index contributed by atoms with van der Waals surface area (Å²) in [5.74, 6) is 0.479. The van der Waals surface area contributed by atoms with Crippen molar-refractivity contribution in [2.75, 3.05) is 23.4 Å². The number of para-hydroxylation sites is 2. The second kappa shape index (κ2) is 7.34. The van der Waals surface area contributed by atoms with Crippen molar-refractivity contribution in [1.82, 2.24) is 4.98 Å². The van der Waals surface area contributed by atoms with Crippen molar-refractivity contribution in [1.29, 1.82) is 0 Å². The molecule has 7 heteroatoms. The van der Waals surface area contributed by atoms with E-state index in [0.29, 0.717) is 41.6 Å². The highest BCUT2D eigenvalue weighted by Crippen LogP contribution is 2.30. The molecule has 1 aromatic heterocycles. The number of rotatable bonds is 5. The van der Waals surface area contributed by atoms with Gasteiger partial charge in [0.25, 0.3) is 0 Å². The van der Waals surface area contributed by atoms with Gasteiger partial charge in [-0.1, -0.05) is 12.1 Å². The molecule has 3 aromatic rings. The second-order valence-electron chi connectivity index (χ2n) is 6.71. The minimum Gasteiger partial charge on any atom is -0.492 e. The number of carbonyl (C=O) groups excluding carboxylic acids is 2. The Labute approximate surface area is 162 Å². The third kappa shape index (κ3) is 3.43. The van der Waals surface area contributed by atoms with E-state index in [0.717, 1.165) is 5.69 Å². The summed E-state index contributed by atoms with van der Waals surface area (Å²) in [5.41, 5.74) is 2.70. The van der Waals surface area contributed by atoms with E-state index < -0.39 is 5.92 Å². The van der Waals surface area contributed by atoms with Crippen molar-refractivity contribution in [3.8, 4) is 5.75 Å². The number of benzene rings is 2. The van der Waals surface area contributed by atoms with Crippen molar-refractivity contribution in [2.24, 2.45) is 5.92 Å². The third-order valence-electron chi connectivity index (χ3n) is 4.73. The van der Waals surface area contributed by atoms with Gasteiger partial charge in [-0.25, -0.2) is 4.98 Å². The van der Waals surface area contributed by atoms with Crippen LogP contribution in [0.2, 0.25) is 0 Å². The van der Waals surface area contributed by atoms with Crippen molar-refractivity contribution >= 4 is 34.3 Å². The molecule has 1 N–H and O–H groups in total. The fourth-order valence-corrected chi connectivity index (χ4v) is 3.42. The maximum atomic E-state index is 12.7. The number of nitrogens with one attached hydrogen (secondary N) is 1. The number of carbonyl (C=O) groups is 2. The van der Waals surface area contributed by atoms with Crippen LogP contribution in [-0.2, 0) is 9.59 Å². The second-order valence-corrected chi connectivity index (χ2v) is 6.71. The largest absolute Gasteiger partial charge is 0.492 e. The number of aromatic nitrogens is 1. The maximum Gasteiger partial charge on any atom is 0.229 e. The van der Waals surface area contributed by atoms with Gasteiger partial charge in [-0.15, -0.1) is 0 Å². The zero-order chi connectivity index (χ0) is 19.7. The molecule has 1 unspecified atom stereocenters. The molecule has 2 aromatic carbocycles. The van der Waals surface area contributed by atoms with Crippen molar-refractivity contribution in [3.05, 3.63) is 48.4 Å². The normalized spacial score (nSPS) is 16.6.